The summed E-state index contributed by atoms with van der Waals surface area (Å²) in [5.41, 5.74) is 8.78. The molecule has 0 fully saturated rings. The number of amides is 1. The minimum atomic E-state index is -1.36. The summed E-state index contributed by atoms with van der Waals surface area (Å²) in [6.45, 7) is 4.20. The molecule has 0 saturated heterocycles. The summed E-state index contributed by atoms with van der Waals surface area (Å²) in [5, 5.41) is 10.8. The first kappa shape index (κ1) is 19.3. The van der Waals surface area contributed by atoms with Gasteiger partial charge in [-0.3, -0.25) is 4.79 Å². The summed E-state index contributed by atoms with van der Waals surface area (Å²) < 4.78 is 0. The Morgan fingerprint density at radius 1 is 1.32 bits per heavy atom. The van der Waals surface area contributed by atoms with Crippen LogP contribution in [0.4, 0.5) is 5.82 Å². The van der Waals surface area contributed by atoms with Gasteiger partial charge in [0.05, 0.1) is 0 Å². The summed E-state index contributed by atoms with van der Waals surface area (Å²) in [6.07, 6.45) is 0.351. The fourth-order valence-corrected chi connectivity index (χ4v) is 2.66. The molecule has 0 spiro atoms. The second-order valence-corrected chi connectivity index (χ2v) is 6.39. The van der Waals surface area contributed by atoms with E-state index >= 15 is 0 Å². The largest absolute Gasteiger partial charge is 0.382 e. The second-order valence-electron chi connectivity index (χ2n) is 6.39. The van der Waals surface area contributed by atoms with Gasteiger partial charge in [0.25, 0.3) is 5.91 Å². The molecule has 0 aliphatic rings. The van der Waals surface area contributed by atoms with Gasteiger partial charge in [-0.2, -0.15) is 0 Å². The molecule has 0 aliphatic carbocycles. The van der Waals surface area contributed by atoms with Gasteiger partial charge in [0, 0.05) is 42.0 Å². The summed E-state index contributed by atoms with van der Waals surface area (Å²) in [6, 6.07) is 9.14. The number of anilines is 1. The fourth-order valence-electron chi connectivity index (χ4n) is 2.66. The molecule has 2 aromatic heterocycles. The van der Waals surface area contributed by atoms with Crippen LogP contribution in [0.15, 0.2) is 36.5 Å². The molecule has 28 heavy (non-hydrogen) atoms. The van der Waals surface area contributed by atoms with Crippen molar-refractivity contribution in [2.75, 3.05) is 19.3 Å². The molecule has 3 N–H and O–H groups in total. The number of pyridine rings is 1. The van der Waals surface area contributed by atoms with Crippen molar-refractivity contribution in [2.45, 2.75) is 20.0 Å². The molecule has 7 heteroatoms. The van der Waals surface area contributed by atoms with Crippen LogP contribution in [0.3, 0.4) is 0 Å². The van der Waals surface area contributed by atoms with Crippen molar-refractivity contribution in [3.63, 3.8) is 0 Å². The van der Waals surface area contributed by atoms with Gasteiger partial charge in [-0.1, -0.05) is 24.0 Å². The normalized spacial score (nSPS) is 11.6. The zero-order chi connectivity index (χ0) is 20.3. The number of hydrogen-bond acceptors (Lipinski definition) is 6. The highest BCUT2D eigenvalue weighted by Gasteiger charge is 2.15. The topological polar surface area (TPSA) is 105 Å². The van der Waals surface area contributed by atoms with E-state index in [4.69, 9.17) is 5.73 Å². The molecule has 0 bridgehead atoms. The highest BCUT2D eigenvalue weighted by atomic mass is 16.3. The Labute approximate surface area is 163 Å². The van der Waals surface area contributed by atoms with E-state index in [1.165, 1.54) is 4.90 Å². The molecule has 3 aromatic rings. The van der Waals surface area contributed by atoms with Crippen LogP contribution >= 0.6 is 0 Å². The molecule has 1 amide bonds. The molecule has 1 aromatic carbocycles. The average molecular weight is 375 g/mol. The maximum atomic E-state index is 11.9. The molecule has 3 rings (SSSR count). The fraction of sp³-hybridized carbons (Fsp3) is 0.238. The Bertz CT molecular complexity index is 1100. The molecule has 7 nitrogen and oxygen atoms in total. The van der Waals surface area contributed by atoms with Gasteiger partial charge >= 0.3 is 0 Å². The van der Waals surface area contributed by atoms with Crippen molar-refractivity contribution < 1.29 is 9.90 Å². The minimum absolute atomic E-state index is 0.358. The number of hydrogen-bond donors (Lipinski definition) is 2. The maximum Gasteiger partial charge on any atom is 0.263 e. The van der Waals surface area contributed by atoms with Gasteiger partial charge in [-0.15, -0.1) is 0 Å². The van der Waals surface area contributed by atoms with E-state index in [0.29, 0.717) is 29.3 Å². The number of carbonyl (C=O) groups is 1. The molecule has 0 aliphatic heterocycles. The zero-order valence-corrected chi connectivity index (χ0v) is 16.0. The SMILES string of the molecule is CCN(C)C(=O)[C@H](O)C#Cc1cccc(-c2ncc3cc(C)nc(N)c3n2)c1. The van der Waals surface area contributed by atoms with Crippen LogP contribution in [-0.4, -0.2) is 50.6 Å². The molecule has 1 atom stereocenters. The monoisotopic (exact) mass is 375 g/mol. The average Bonchev–Trinajstić information content (AvgIpc) is 2.70. The summed E-state index contributed by atoms with van der Waals surface area (Å²) in [4.78, 5) is 26.5. The van der Waals surface area contributed by atoms with Crippen LogP contribution < -0.4 is 5.73 Å². The standard InChI is InChI=1S/C21H21N5O2/c1-4-26(3)21(28)17(27)9-8-14-6-5-7-15(11-14)20-23-12-16-10-13(2)24-19(22)18(16)25-20/h5-7,10-12,17,27H,4H2,1-3H3,(H2,22,24)/t17-/m1/s1. The third-order valence-corrected chi connectivity index (χ3v) is 4.28. The Balaban J connectivity index is 1.91. The van der Waals surface area contributed by atoms with E-state index in [0.717, 1.165) is 16.6 Å². The number of aromatic nitrogens is 3. The van der Waals surface area contributed by atoms with Crippen LogP contribution in [0.25, 0.3) is 22.3 Å². The van der Waals surface area contributed by atoms with E-state index < -0.39 is 12.0 Å². The van der Waals surface area contributed by atoms with Crippen LogP contribution in [0.1, 0.15) is 18.2 Å². The Morgan fingerprint density at radius 2 is 2.11 bits per heavy atom. The van der Waals surface area contributed by atoms with Crippen LogP contribution in [0.2, 0.25) is 0 Å². The van der Waals surface area contributed by atoms with Crippen molar-refractivity contribution >= 4 is 22.6 Å². The zero-order valence-electron chi connectivity index (χ0n) is 16.0. The first-order chi connectivity index (χ1) is 13.4. The summed E-state index contributed by atoms with van der Waals surface area (Å²) in [5.74, 6) is 5.84. The van der Waals surface area contributed by atoms with Gasteiger partial charge in [0.1, 0.15) is 11.3 Å². The molecule has 142 valence electrons. The lowest BCUT2D eigenvalue weighted by Crippen LogP contribution is -2.35. The lowest BCUT2D eigenvalue weighted by molar-refractivity contribution is -0.135. The maximum absolute atomic E-state index is 11.9. The number of nitrogens with two attached hydrogens (primary N) is 1. The lowest BCUT2D eigenvalue weighted by atomic mass is 10.1. The predicted molar refractivity (Wildman–Crippen MR) is 108 cm³/mol. The van der Waals surface area contributed by atoms with Gasteiger partial charge in [0.15, 0.2) is 11.9 Å². The minimum Gasteiger partial charge on any atom is -0.382 e. The first-order valence-electron chi connectivity index (χ1n) is 8.84. The van der Waals surface area contributed by atoms with E-state index in [1.54, 1.807) is 25.4 Å². The smallest absolute Gasteiger partial charge is 0.263 e. The van der Waals surface area contributed by atoms with Gasteiger partial charge < -0.3 is 15.7 Å². The van der Waals surface area contributed by atoms with Crippen molar-refractivity contribution in [1.29, 1.82) is 0 Å². The number of aliphatic hydroxyl groups is 1. The Kier molecular flexibility index (Phi) is 5.52. The van der Waals surface area contributed by atoms with Crippen molar-refractivity contribution in [3.05, 3.63) is 47.8 Å². The molecular formula is C21H21N5O2. The third kappa shape index (κ3) is 4.08. The van der Waals surface area contributed by atoms with Crippen LogP contribution in [-0.2, 0) is 4.79 Å². The number of fused-ring (bicyclic) bond motifs is 1. The van der Waals surface area contributed by atoms with E-state index in [-0.39, 0.29) is 0 Å². The van der Waals surface area contributed by atoms with E-state index in [9.17, 15) is 9.90 Å². The molecular weight excluding hydrogens is 354 g/mol. The number of aryl methyl sites for hydroxylation is 1. The van der Waals surface area contributed by atoms with Crippen molar-refractivity contribution in [1.82, 2.24) is 19.9 Å². The van der Waals surface area contributed by atoms with Crippen molar-refractivity contribution in [3.8, 4) is 23.2 Å². The molecule has 0 radical (unpaired) electrons. The predicted octanol–water partition coefficient (Wildman–Crippen LogP) is 1.77. The highest BCUT2D eigenvalue weighted by molar-refractivity contribution is 5.88. The highest BCUT2D eigenvalue weighted by Crippen LogP contribution is 2.22. The van der Waals surface area contributed by atoms with Gasteiger partial charge in [-0.05, 0) is 32.0 Å². The summed E-state index contributed by atoms with van der Waals surface area (Å²) >= 11 is 0. The number of nitrogen functional groups attached to an aromatic ring is 1. The Morgan fingerprint density at radius 3 is 2.86 bits per heavy atom. The van der Waals surface area contributed by atoms with Crippen molar-refractivity contribution in [2.24, 2.45) is 0 Å². The number of nitrogens with zero attached hydrogens (tertiary/aromatic N) is 4. The first-order valence-corrected chi connectivity index (χ1v) is 8.84. The van der Waals surface area contributed by atoms with Crippen LogP contribution in [0.5, 0.6) is 0 Å². The number of likely N-dealkylation sites (N-methyl/N-ethyl adjacent to an activating group) is 1. The molecule has 2 heterocycles. The quantitative estimate of drug-likeness (QED) is 0.676. The van der Waals surface area contributed by atoms with E-state index in [1.807, 2.05) is 32.0 Å². The number of rotatable bonds is 3. The molecule has 0 unspecified atom stereocenters. The number of aliphatic hydroxyl groups excluding tert-OH is 1. The Hall–Kier alpha value is -3.50. The molecule has 0 saturated carbocycles. The van der Waals surface area contributed by atoms with Gasteiger partial charge in [0.2, 0.25) is 0 Å². The number of benzene rings is 1. The third-order valence-electron chi connectivity index (χ3n) is 4.28. The van der Waals surface area contributed by atoms with Crippen LogP contribution in [0, 0.1) is 18.8 Å². The number of carbonyl (C=O) groups excluding carboxylic acids is 1. The lowest BCUT2D eigenvalue weighted by Gasteiger charge is -2.15. The summed E-state index contributed by atoms with van der Waals surface area (Å²) in [7, 11) is 1.62. The van der Waals surface area contributed by atoms with Gasteiger partial charge in [-0.25, -0.2) is 15.0 Å². The van der Waals surface area contributed by atoms with E-state index in [2.05, 4.69) is 26.8 Å². The second kappa shape index (κ2) is 8.03.